The average Bonchev–Trinajstić information content (AvgIpc) is 2.80. The van der Waals surface area contributed by atoms with E-state index in [1.54, 1.807) is 55.4 Å². The van der Waals surface area contributed by atoms with E-state index in [0.717, 1.165) is 5.56 Å². The van der Waals surface area contributed by atoms with Crippen molar-refractivity contribution in [3.05, 3.63) is 82.2 Å². The van der Waals surface area contributed by atoms with Crippen molar-refractivity contribution in [2.24, 2.45) is 0 Å². The number of benzene rings is 2. The molecule has 33 heavy (non-hydrogen) atoms. The van der Waals surface area contributed by atoms with E-state index in [0.29, 0.717) is 17.1 Å². The summed E-state index contributed by atoms with van der Waals surface area (Å²) in [5.74, 6) is -1.74. The molecule has 174 valence electrons. The Morgan fingerprint density at radius 1 is 0.970 bits per heavy atom. The molecule has 2 aromatic carbocycles. The second-order valence-electron chi connectivity index (χ2n) is 7.27. The van der Waals surface area contributed by atoms with Crippen LogP contribution in [0.3, 0.4) is 0 Å². The number of aromatic hydroxyl groups is 1. The van der Waals surface area contributed by atoms with Gasteiger partial charge < -0.3 is 24.2 Å². The zero-order chi connectivity index (χ0) is 24.0. The highest BCUT2D eigenvalue weighted by atomic mass is 35.5. The fraction of sp³-hybridized carbons (Fsp3) is 0.280. The van der Waals surface area contributed by atoms with Crippen LogP contribution < -0.4 is 4.74 Å². The quantitative estimate of drug-likeness (QED) is 0.565. The Kier molecular flexibility index (Phi) is 8.01. The molecule has 1 N–H and O–H groups in total. The Hall–Kier alpha value is -3.45. The average molecular weight is 472 g/mol. The number of carbonyl (C=O) groups is 2. The molecule has 7 nitrogen and oxygen atoms in total. The number of methoxy groups -OCH3 is 1. The van der Waals surface area contributed by atoms with Crippen LogP contribution in [0.5, 0.6) is 11.5 Å². The van der Waals surface area contributed by atoms with E-state index in [4.69, 9.17) is 25.8 Å². The molecule has 2 aromatic rings. The summed E-state index contributed by atoms with van der Waals surface area (Å²) in [4.78, 5) is 27.7. The standard InChI is InChI=1S/C25H26ClNO6/c1-4-32-24(29)19-14-27(13-16-6-9-18(26)10-7-16)15-20(25(30)33-5-2)23(19)17-8-11-22(31-3)21(28)12-17/h6-12,14-15,23,28H,4-5,13H2,1-3H3. The number of hydrogen-bond acceptors (Lipinski definition) is 7. The van der Waals surface area contributed by atoms with Crippen LogP contribution in [0.2, 0.25) is 5.02 Å². The number of esters is 2. The molecule has 0 saturated heterocycles. The molecule has 1 aliphatic rings. The summed E-state index contributed by atoms with van der Waals surface area (Å²) in [5, 5.41) is 10.9. The van der Waals surface area contributed by atoms with Gasteiger partial charge in [-0.05, 0) is 49.2 Å². The Morgan fingerprint density at radius 3 is 2.03 bits per heavy atom. The van der Waals surface area contributed by atoms with Crippen LogP contribution in [-0.2, 0) is 25.6 Å². The van der Waals surface area contributed by atoms with Gasteiger partial charge >= 0.3 is 11.9 Å². The van der Waals surface area contributed by atoms with E-state index < -0.39 is 17.9 Å². The van der Waals surface area contributed by atoms with E-state index in [9.17, 15) is 14.7 Å². The van der Waals surface area contributed by atoms with Gasteiger partial charge in [0.2, 0.25) is 0 Å². The molecule has 8 heteroatoms. The molecule has 0 saturated carbocycles. The summed E-state index contributed by atoms with van der Waals surface area (Å²) < 4.78 is 15.7. The predicted octanol–water partition coefficient (Wildman–Crippen LogP) is 4.55. The maximum absolute atomic E-state index is 13.0. The lowest BCUT2D eigenvalue weighted by Gasteiger charge is -2.30. The highest BCUT2D eigenvalue weighted by Crippen LogP contribution is 2.40. The van der Waals surface area contributed by atoms with Crippen LogP contribution in [0, 0.1) is 0 Å². The Morgan fingerprint density at radius 2 is 1.55 bits per heavy atom. The van der Waals surface area contributed by atoms with Crippen LogP contribution in [0.1, 0.15) is 30.9 Å². The van der Waals surface area contributed by atoms with Crippen molar-refractivity contribution in [2.45, 2.75) is 26.3 Å². The molecule has 0 bridgehead atoms. The number of carbonyl (C=O) groups excluding carboxylic acids is 2. The summed E-state index contributed by atoms with van der Waals surface area (Å²) in [6.07, 6.45) is 3.31. The molecule has 0 radical (unpaired) electrons. The number of phenolic OH excluding ortho intramolecular Hbond substituents is 1. The van der Waals surface area contributed by atoms with Gasteiger partial charge in [0.25, 0.3) is 0 Å². The predicted molar refractivity (Wildman–Crippen MR) is 124 cm³/mol. The minimum atomic E-state index is -0.790. The number of rotatable bonds is 8. The van der Waals surface area contributed by atoms with E-state index in [-0.39, 0.29) is 35.9 Å². The van der Waals surface area contributed by atoms with Gasteiger partial charge in [0.05, 0.1) is 37.4 Å². The first kappa shape index (κ1) is 24.2. The summed E-state index contributed by atoms with van der Waals surface area (Å²) in [6.45, 7) is 4.16. The first-order valence-corrected chi connectivity index (χ1v) is 10.9. The lowest BCUT2D eigenvalue weighted by atomic mass is 9.83. The first-order valence-electron chi connectivity index (χ1n) is 10.5. The molecule has 3 rings (SSSR count). The second kappa shape index (κ2) is 10.9. The van der Waals surface area contributed by atoms with Gasteiger partial charge in [-0.25, -0.2) is 9.59 Å². The molecule has 0 amide bonds. The summed E-state index contributed by atoms with van der Waals surface area (Å²) >= 11 is 5.99. The smallest absolute Gasteiger partial charge is 0.336 e. The fourth-order valence-corrected chi connectivity index (χ4v) is 3.74. The van der Waals surface area contributed by atoms with E-state index in [1.807, 2.05) is 12.1 Å². The highest BCUT2D eigenvalue weighted by Gasteiger charge is 2.36. The van der Waals surface area contributed by atoms with Gasteiger partial charge in [-0.15, -0.1) is 0 Å². The number of ether oxygens (including phenoxy) is 3. The minimum absolute atomic E-state index is 0.106. The topological polar surface area (TPSA) is 85.3 Å². The van der Waals surface area contributed by atoms with E-state index in [2.05, 4.69) is 0 Å². The molecule has 0 aliphatic carbocycles. The number of hydrogen-bond donors (Lipinski definition) is 1. The number of phenols is 1. The molecule has 0 unspecified atom stereocenters. The van der Waals surface area contributed by atoms with E-state index >= 15 is 0 Å². The molecule has 0 fully saturated rings. The SMILES string of the molecule is CCOC(=O)C1=CN(Cc2ccc(Cl)cc2)C=C(C(=O)OCC)C1c1ccc(OC)c(O)c1. The third-order valence-electron chi connectivity index (χ3n) is 5.07. The molecular weight excluding hydrogens is 446 g/mol. The number of nitrogens with zero attached hydrogens (tertiary/aromatic N) is 1. The molecule has 0 spiro atoms. The largest absolute Gasteiger partial charge is 0.504 e. The van der Waals surface area contributed by atoms with Gasteiger partial charge in [0, 0.05) is 24.0 Å². The fourth-order valence-electron chi connectivity index (χ4n) is 3.62. The summed E-state index contributed by atoms with van der Waals surface area (Å²) in [7, 11) is 1.44. The molecule has 0 aromatic heterocycles. The van der Waals surface area contributed by atoms with Crippen molar-refractivity contribution < 1.29 is 28.9 Å². The van der Waals surface area contributed by atoms with Gasteiger partial charge in [0.1, 0.15) is 0 Å². The zero-order valence-corrected chi connectivity index (χ0v) is 19.5. The monoisotopic (exact) mass is 471 g/mol. The normalized spacial score (nSPS) is 13.8. The van der Waals surface area contributed by atoms with Crippen molar-refractivity contribution in [1.29, 1.82) is 0 Å². The van der Waals surface area contributed by atoms with Crippen molar-refractivity contribution in [3.63, 3.8) is 0 Å². The summed E-state index contributed by atoms with van der Waals surface area (Å²) in [6, 6.07) is 12.0. The number of halogens is 1. The second-order valence-corrected chi connectivity index (χ2v) is 7.71. The minimum Gasteiger partial charge on any atom is -0.504 e. The zero-order valence-electron chi connectivity index (χ0n) is 18.7. The van der Waals surface area contributed by atoms with E-state index in [1.165, 1.54) is 13.2 Å². The first-order chi connectivity index (χ1) is 15.9. The molecular formula is C25H26ClNO6. The Labute approximate surface area is 197 Å². The Balaban J connectivity index is 2.09. The lowest BCUT2D eigenvalue weighted by molar-refractivity contribution is -0.139. The lowest BCUT2D eigenvalue weighted by Crippen LogP contribution is -2.29. The van der Waals surface area contributed by atoms with Crippen LogP contribution in [-0.4, -0.2) is 42.3 Å². The van der Waals surface area contributed by atoms with Gasteiger partial charge in [-0.1, -0.05) is 29.8 Å². The summed E-state index contributed by atoms with van der Waals surface area (Å²) in [5.41, 5.74) is 1.96. The molecule has 1 aliphatic heterocycles. The third-order valence-corrected chi connectivity index (χ3v) is 5.32. The van der Waals surface area contributed by atoms with Crippen LogP contribution in [0.25, 0.3) is 0 Å². The van der Waals surface area contributed by atoms with Gasteiger partial charge in [-0.3, -0.25) is 0 Å². The van der Waals surface area contributed by atoms with Gasteiger partial charge in [0.15, 0.2) is 11.5 Å². The molecule has 1 heterocycles. The van der Waals surface area contributed by atoms with Crippen LogP contribution >= 0.6 is 11.6 Å². The van der Waals surface area contributed by atoms with Crippen LogP contribution in [0.4, 0.5) is 0 Å². The van der Waals surface area contributed by atoms with Crippen molar-refractivity contribution >= 4 is 23.5 Å². The van der Waals surface area contributed by atoms with Crippen molar-refractivity contribution in [1.82, 2.24) is 4.90 Å². The Bertz CT molecular complexity index is 1040. The third kappa shape index (κ3) is 5.68. The molecule has 0 atom stereocenters. The maximum Gasteiger partial charge on any atom is 0.336 e. The van der Waals surface area contributed by atoms with Gasteiger partial charge in [-0.2, -0.15) is 0 Å². The van der Waals surface area contributed by atoms with Crippen molar-refractivity contribution in [2.75, 3.05) is 20.3 Å². The highest BCUT2D eigenvalue weighted by molar-refractivity contribution is 6.30. The maximum atomic E-state index is 13.0. The van der Waals surface area contributed by atoms with Crippen molar-refractivity contribution in [3.8, 4) is 11.5 Å². The van der Waals surface area contributed by atoms with Crippen LogP contribution in [0.15, 0.2) is 66.0 Å².